The number of hydrogen-bond acceptors (Lipinski definition) is 4. The quantitative estimate of drug-likeness (QED) is 0.786. The molecule has 1 heterocycles. The van der Waals surface area contributed by atoms with Gasteiger partial charge in [0, 0.05) is 12.6 Å². The SMILES string of the molecule is CCOC(=O)c1ncccc1NC(=O)CC. The minimum Gasteiger partial charge on any atom is -0.461 e. The highest BCUT2D eigenvalue weighted by Gasteiger charge is 2.14. The number of ether oxygens (including phenoxy) is 1. The van der Waals surface area contributed by atoms with Crippen LogP contribution < -0.4 is 5.32 Å². The summed E-state index contributed by atoms with van der Waals surface area (Å²) < 4.78 is 4.83. The molecule has 0 saturated carbocycles. The number of amides is 1. The second-order valence-electron chi connectivity index (χ2n) is 3.02. The number of carbonyl (C=O) groups excluding carboxylic acids is 2. The van der Waals surface area contributed by atoms with Gasteiger partial charge in [0.2, 0.25) is 5.91 Å². The summed E-state index contributed by atoms with van der Waals surface area (Å²) in [4.78, 5) is 26.6. The zero-order valence-electron chi connectivity index (χ0n) is 9.32. The summed E-state index contributed by atoms with van der Waals surface area (Å²) in [5.74, 6) is -0.701. The third-order valence-electron chi connectivity index (χ3n) is 1.87. The fraction of sp³-hybridized carbons (Fsp3) is 0.364. The molecule has 0 aliphatic carbocycles. The molecule has 0 saturated heterocycles. The number of anilines is 1. The minimum absolute atomic E-state index is 0.131. The van der Waals surface area contributed by atoms with Crippen LogP contribution in [-0.4, -0.2) is 23.5 Å². The Bertz CT molecular complexity index is 391. The average molecular weight is 222 g/mol. The molecule has 0 spiro atoms. The Morgan fingerprint density at radius 3 is 2.81 bits per heavy atom. The topological polar surface area (TPSA) is 68.3 Å². The molecule has 0 atom stereocenters. The lowest BCUT2D eigenvalue weighted by Crippen LogP contribution is -2.15. The van der Waals surface area contributed by atoms with Crippen LogP contribution in [0.25, 0.3) is 0 Å². The highest BCUT2D eigenvalue weighted by molar-refractivity contribution is 5.99. The Kier molecular flexibility index (Phi) is 4.44. The maximum absolute atomic E-state index is 11.5. The highest BCUT2D eigenvalue weighted by atomic mass is 16.5. The van der Waals surface area contributed by atoms with Crippen molar-refractivity contribution in [2.45, 2.75) is 20.3 Å². The number of pyridine rings is 1. The third kappa shape index (κ3) is 3.05. The average Bonchev–Trinajstić information content (AvgIpc) is 2.30. The van der Waals surface area contributed by atoms with Crippen LogP contribution >= 0.6 is 0 Å². The fourth-order valence-corrected chi connectivity index (χ4v) is 1.11. The molecule has 0 aliphatic heterocycles. The molecule has 1 N–H and O–H groups in total. The number of nitrogens with one attached hydrogen (secondary N) is 1. The highest BCUT2D eigenvalue weighted by Crippen LogP contribution is 2.13. The van der Waals surface area contributed by atoms with Crippen LogP contribution in [0.3, 0.4) is 0 Å². The zero-order valence-corrected chi connectivity index (χ0v) is 9.32. The number of hydrogen-bond donors (Lipinski definition) is 1. The van der Waals surface area contributed by atoms with E-state index in [1.807, 2.05) is 0 Å². The first kappa shape index (κ1) is 12.2. The minimum atomic E-state index is -0.533. The molecule has 0 radical (unpaired) electrons. The van der Waals surface area contributed by atoms with E-state index in [2.05, 4.69) is 10.3 Å². The van der Waals surface area contributed by atoms with Gasteiger partial charge in [0.05, 0.1) is 12.3 Å². The standard InChI is InChI=1S/C11H14N2O3/c1-3-9(14)13-8-6-5-7-12-10(8)11(15)16-4-2/h5-7H,3-4H2,1-2H3,(H,13,14). The van der Waals surface area contributed by atoms with Crippen LogP contribution in [0.15, 0.2) is 18.3 Å². The molecule has 1 aromatic rings. The predicted molar refractivity (Wildman–Crippen MR) is 59.1 cm³/mol. The first-order valence-corrected chi connectivity index (χ1v) is 5.11. The maximum atomic E-state index is 11.5. The van der Waals surface area contributed by atoms with Crippen molar-refractivity contribution in [3.8, 4) is 0 Å². The van der Waals surface area contributed by atoms with Gasteiger partial charge in [0.15, 0.2) is 5.69 Å². The summed E-state index contributed by atoms with van der Waals surface area (Å²) >= 11 is 0. The van der Waals surface area contributed by atoms with Crippen LogP contribution in [0.4, 0.5) is 5.69 Å². The van der Waals surface area contributed by atoms with E-state index in [9.17, 15) is 9.59 Å². The van der Waals surface area contributed by atoms with Crippen molar-refractivity contribution < 1.29 is 14.3 Å². The van der Waals surface area contributed by atoms with E-state index in [-0.39, 0.29) is 18.2 Å². The van der Waals surface area contributed by atoms with E-state index in [0.29, 0.717) is 12.1 Å². The number of rotatable bonds is 4. The molecule has 16 heavy (non-hydrogen) atoms. The summed E-state index contributed by atoms with van der Waals surface area (Å²) in [5, 5.41) is 2.60. The molecule has 1 aromatic heterocycles. The molecular formula is C11H14N2O3. The van der Waals surface area contributed by atoms with Crippen LogP contribution in [0.5, 0.6) is 0 Å². The molecule has 0 fully saturated rings. The van der Waals surface area contributed by atoms with Gasteiger partial charge in [0.25, 0.3) is 0 Å². The summed E-state index contributed by atoms with van der Waals surface area (Å²) in [5.41, 5.74) is 0.513. The van der Waals surface area contributed by atoms with E-state index in [1.165, 1.54) is 6.20 Å². The van der Waals surface area contributed by atoms with Gasteiger partial charge in [0.1, 0.15) is 0 Å². The molecule has 5 nitrogen and oxygen atoms in total. The number of nitrogens with zero attached hydrogens (tertiary/aromatic N) is 1. The molecule has 0 unspecified atom stereocenters. The Hall–Kier alpha value is -1.91. The van der Waals surface area contributed by atoms with E-state index in [0.717, 1.165) is 0 Å². The smallest absolute Gasteiger partial charge is 0.359 e. The zero-order chi connectivity index (χ0) is 12.0. The van der Waals surface area contributed by atoms with Crippen molar-refractivity contribution in [2.24, 2.45) is 0 Å². The molecular weight excluding hydrogens is 208 g/mol. The van der Waals surface area contributed by atoms with Gasteiger partial charge in [-0.05, 0) is 19.1 Å². The third-order valence-corrected chi connectivity index (χ3v) is 1.87. The van der Waals surface area contributed by atoms with Crippen LogP contribution in [-0.2, 0) is 9.53 Å². The van der Waals surface area contributed by atoms with Crippen molar-refractivity contribution in [3.63, 3.8) is 0 Å². The van der Waals surface area contributed by atoms with Gasteiger partial charge < -0.3 is 10.1 Å². The molecule has 86 valence electrons. The second-order valence-corrected chi connectivity index (χ2v) is 3.02. The number of esters is 1. The Morgan fingerprint density at radius 2 is 2.19 bits per heavy atom. The molecule has 1 amide bonds. The summed E-state index contributed by atoms with van der Waals surface area (Å²) in [6, 6.07) is 3.26. The normalized spacial score (nSPS) is 9.62. The predicted octanol–water partition coefficient (Wildman–Crippen LogP) is 1.61. The van der Waals surface area contributed by atoms with Crippen molar-refractivity contribution in [2.75, 3.05) is 11.9 Å². The summed E-state index contributed by atoms with van der Waals surface area (Å²) in [7, 11) is 0. The largest absolute Gasteiger partial charge is 0.461 e. The fourth-order valence-electron chi connectivity index (χ4n) is 1.11. The number of aromatic nitrogens is 1. The van der Waals surface area contributed by atoms with E-state index in [1.54, 1.807) is 26.0 Å². The van der Waals surface area contributed by atoms with E-state index >= 15 is 0 Å². The molecule has 0 aromatic carbocycles. The van der Waals surface area contributed by atoms with Crippen LogP contribution in [0.1, 0.15) is 30.8 Å². The van der Waals surface area contributed by atoms with Gasteiger partial charge in [-0.25, -0.2) is 9.78 Å². The van der Waals surface area contributed by atoms with Gasteiger partial charge in [-0.3, -0.25) is 4.79 Å². The monoisotopic (exact) mass is 222 g/mol. The van der Waals surface area contributed by atoms with Crippen molar-refractivity contribution in [1.29, 1.82) is 0 Å². The molecule has 1 rings (SSSR count). The molecule has 0 aliphatic rings. The lowest BCUT2D eigenvalue weighted by Gasteiger charge is -2.08. The van der Waals surface area contributed by atoms with E-state index < -0.39 is 5.97 Å². The van der Waals surface area contributed by atoms with Crippen molar-refractivity contribution in [3.05, 3.63) is 24.0 Å². The molecule has 0 bridgehead atoms. The van der Waals surface area contributed by atoms with Gasteiger partial charge >= 0.3 is 5.97 Å². The van der Waals surface area contributed by atoms with Crippen LogP contribution in [0, 0.1) is 0 Å². The van der Waals surface area contributed by atoms with Gasteiger partial charge in [-0.1, -0.05) is 6.92 Å². The Morgan fingerprint density at radius 1 is 1.44 bits per heavy atom. The first-order chi connectivity index (χ1) is 7.69. The molecule has 5 heteroatoms. The first-order valence-electron chi connectivity index (χ1n) is 5.11. The van der Waals surface area contributed by atoms with Crippen molar-refractivity contribution >= 4 is 17.6 Å². The second kappa shape index (κ2) is 5.85. The summed E-state index contributed by atoms with van der Waals surface area (Å²) in [6.45, 7) is 3.72. The van der Waals surface area contributed by atoms with Crippen LogP contribution in [0.2, 0.25) is 0 Å². The number of carbonyl (C=O) groups is 2. The van der Waals surface area contributed by atoms with Gasteiger partial charge in [-0.15, -0.1) is 0 Å². The van der Waals surface area contributed by atoms with E-state index in [4.69, 9.17) is 4.74 Å². The lowest BCUT2D eigenvalue weighted by molar-refractivity contribution is -0.115. The Balaban J connectivity index is 2.91. The summed E-state index contributed by atoms with van der Waals surface area (Å²) in [6.07, 6.45) is 1.82. The maximum Gasteiger partial charge on any atom is 0.359 e. The van der Waals surface area contributed by atoms with Crippen molar-refractivity contribution in [1.82, 2.24) is 4.98 Å². The lowest BCUT2D eigenvalue weighted by atomic mass is 10.3. The van der Waals surface area contributed by atoms with Gasteiger partial charge in [-0.2, -0.15) is 0 Å². The Labute approximate surface area is 93.8 Å².